The van der Waals surface area contributed by atoms with Gasteiger partial charge < -0.3 is 14.6 Å². The molecule has 1 atom stereocenters. The first-order valence-corrected chi connectivity index (χ1v) is 10.9. The Morgan fingerprint density at radius 3 is 3.10 bits per heavy atom. The minimum absolute atomic E-state index is 0.0442. The van der Waals surface area contributed by atoms with Gasteiger partial charge in [-0.05, 0) is 18.9 Å². The monoisotopic (exact) mass is 413 g/mol. The number of rotatable bonds is 5. The molecule has 0 aliphatic carbocycles. The number of aromatic nitrogens is 4. The number of para-hydroxylation sites is 1. The van der Waals surface area contributed by atoms with Gasteiger partial charge in [0.15, 0.2) is 5.16 Å². The Morgan fingerprint density at radius 2 is 2.24 bits per heavy atom. The van der Waals surface area contributed by atoms with E-state index in [1.54, 1.807) is 4.57 Å². The summed E-state index contributed by atoms with van der Waals surface area (Å²) in [7, 11) is 0. The first-order chi connectivity index (χ1) is 14.2. The molecule has 1 aromatic carbocycles. The van der Waals surface area contributed by atoms with E-state index >= 15 is 0 Å². The molecule has 5 rings (SSSR count). The third-order valence-electron chi connectivity index (χ3n) is 5.69. The van der Waals surface area contributed by atoms with E-state index in [0.717, 1.165) is 31.4 Å². The Morgan fingerprint density at radius 1 is 1.34 bits per heavy atom. The molecule has 8 nitrogen and oxygen atoms in total. The van der Waals surface area contributed by atoms with Gasteiger partial charge in [0.1, 0.15) is 0 Å². The van der Waals surface area contributed by atoms with Crippen molar-refractivity contribution in [3.63, 3.8) is 0 Å². The maximum Gasteiger partial charge on any atom is 0.344 e. The second-order valence-corrected chi connectivity index (χ2v) is 8.48. The summed E-state index contributed by atoms with van der Waals surface area (Å²) in [6.45, 7) is 2.53. The average Bonchev–Trinajstić information content (AvgIpc) is 3.46. The minimum Gasteiger partial charge on any atom is -0.376 e. The van der Waals surface area contributed by atoms with Crippen LogP contribution in [-0.4, -0.2) is 55.6 Å². The maximum absolute atomic E-state index is 12.8. The summed E-state index contributed by atoms with van der Waals surface area (Å²) in [6, 6.07) is 8.21. The lowest BCUT2D eigenvalue weighted by molar-refractivity contribution is -0.129. The Bertz CT molecular complexity index is 1100. The number of fused-ring (bicyclic) bond motifs is 3. The normalized spacial score (nSPS) is 19.0. The predicted molar refractivity (Wildman–Crippen MR) is 110 cm³/mol. The van der Waals surface area contributed by atoms with Crippen LogP contribution in [-0.2, 0) is 29.0 Å². The number of nitrogens with zero attached hydrogens (tertiary/aromatic N) is 3. The first kappa shape index (κ1) is 18.5. The van der Waals surface area contributed by atoms with Crippen molar-refractivity contribution in [1.82, 2.24) is 24.6 Å². The molecule has 3 aromatic rings. The SMILES string of the molecule is O=C(CSc1n[nH]c(=O)n1CC1CCCO1)N1CCc2[nH]c3ccccc3c2C1. The first-order valence-electron chi connectivity index (χ1n) is 9.95. The summed E-state index contributed by atoms with van der Waals surface area (Å²) in [6.07, 6.45) is 2.83. The second-order valence-electron chi connectivity index (χ2n) is 7.54. The number of amides is 1. The molecule has 2 N–H and O–H groups in total. The highest BCUT2D eigenvalue weighted by atomic mass is 32.2. The lowest BCUT2D eigenvalue weighted by Gasteiger charge is -2.27. The standard InChI is InChI=1S/C20H23N5O3S/c26-18(12-29-20-23-22-19(27)25(20)10-13-4-3-9-28-13)24-8-7-17-15(11-24)14-5-1-2-6-16(14)21-17/h1-2,5-6,13,21H,3-4,7-12H2,(H,22,27). The molecule has 4 heterocycles. The lowest BCUT2D eigenvalue weighted by atomic mass is 10.0. The van der Waals surface area contributed by atoms with E-state index < -0.39 is 0 Å². The van der Waals surface area contributed by atoms with Crippen LogP contribution in [0.1, 0.15) is 24.1 Å². The summed E-state index contributed by atoms with van der Waals surface area (Å²) < 4.78 is 7.21. The van der Waals surface area contributed by atoms with Crippen LogP contribution < -0.4 is 5.69 Å². The van der Waals surface area contributed by atoms with E-state index in [2.05, 4.69) is 27.3 Å². The van der Waals surface area contributed by atoms with Crippen LogP contribution in [0.2, 0.25) is 0 Å². The molecule has 0 spiro atoms. The van der Waals surface area contributed by atoms with Gasteiger partial charge in [-0.3, -0.25) is 9.36 Å². The van der Waals surface area contributed by atoms with Crippen molar-refractivity contribution in [2.75, 3.05) is 18.9 Å². The number of carbonyl (C=O) groups excluding carboxylic acids is 1. The van der Waals surface area contributed by atoms with Gasteiger partial charge in [-0.15, -0.1) is 5.10 Å². The van der Waals surface area contributed by atoms with Crippen LogP contribution in [0.5, 0.6) is 0 Å². The van der Waals surface area contributed by atoms with Gasteiger partial charge in [-0.1, -0.05) is 30.0 Å². The summed E-state index contributed by atoms with van der Waals surface area (Å²) in [5, 5.41) is 8.33. The zero-order valence-electron chi connectivity index (χ0n) is 16.0. The largest absolute Gasteiger partial charge is 0.376 e. The van der Waals surface area contributed by atoms with Gasteiger partial charge in [0.05, 0.1) is 18.4 Å². The number of hydrogen-bond acceptors (Lipinski definition) is 5. The zero-order chi connectivity index (χ0) is 19.8. The number of aromatic amines is 2. The number of ether oxygens (including phenoxy) is 1. The molecular formula is C20H23N5O3S. The molecule has 152 valence electrons. The molecule has 1 saturated heterocycles. The third kappa shape index (κ3) is 3.60. The van der Waals surface area contributed by atoms with Gasteiger partial charge >= 0.3 is 5.69 Å². The van der Waals surface area contributed by atoms with Crippen molar-refractivity contribution >= 4 is 28.6 Å². The molecule has 29 heavy (non-hydrogen) atoms. The number of hydrogen-bond donors (Lipinski definition) is 2. The summed E-state index contributed by atoms with van der Waals surface area (Å²) in [4.78, 5) is 30.3. The zero-order valence-corrected chi connectivity index (χ0v) is 16.8. The molecule has 1 amide bonds. The van der Waals surface area contributed by atoms with E-state index in [4.69, 9.17) is 4.74 Å². The molecule has 2 aliphatic rings. The Hall–Kier alpha value is -2.52. The van der Waals surface area contributed by atoms with Gasteiger partial charge in [-0.2, -0.15) is 0 Å². The molecular weight excluding hydrogens is 390 g/mol. The fourth-order valence-corrected chi connectivity index (χ4v) is 5.02. The smallest absolute Gasteiger partial charge is 0.344 e. The number of nitrogens with one attached hydrogen (secondary N) is 2. The van der Waals surface area contributed by atoms with E-state index in [9.17, 15) is 9.59 Å². The fourth-order valence-electron chi connectivity index (χ4n) is 4.16. The van der Waals surface area contributed by atoms with Gasteiger partial charge in [0.2, 0.25) is 5.91 Å². The third-order valence-corrected chi connectivity index (χ3v) is 6.65. The van der Waals surface area contributed by atoms with Crippen LogP contribution in [0, 0.1) is 0 Å². The molecule has 1 unspecified atom stereocenters. The lowest BCUT2D eigenvalue weighted by Crippen LogP contribution is -2.37. The van der Waals surface area contributed by atoms with E-state index in [0.29, 0.717) is 24.8 Å². The van der Waals surface area contributed by atoms with Crippen molar-refractivity contribution in [3.05, 3.63) is 46.0 Å². The molecule has 9 heteroatoms. The van der Waals surface area contributed by atoms with E-state index in [1.807, 2.05) is 17.0 Å². The quantitative estimate of drug-likeness (QED) is 0.623. The highest BCUT2D eigenvalue weighted by Gasteiger charge is 2.25. The van der Waals surface area contributed by atoms with Crippen LogP contribution in [0.4, 0.5) is 0 Å². The van der Waals surface area contributed by atoms with Crippen LogP contribution in [0.15, 0.2) is 34.2 Å². The number of carbonyl (C=O) groups is 1. The van der Waals surface area contributed by atoms with E-state index in [1.165, 1.54) is 28.4 Å². The predicted octanol–water partition coefficient (Wildman–Crippen LogP) is 1.91. The highest BCUT2D eigenvalue weighted by molar-refractivity contribution is 7.99. The molecule has 0 radical (unpaired) electrons. The number of benzene rings is 1. The van der Waals surface area contributed by atoms with E-state index in [-0.39, 0.29) is 23.5 Å². The topological polar surface area (TPSA) is 96.0 Å². The van der Waals surface area contributed by atoms with Crippen LogP contribution >= 0.6 is 11.8 Å². The van der Waals surface area contributed by atoms with Crippen molar-refractivity contribution in [2.45, 2.75) is 43.6 Å². The Kier molecular flexibility index (Phi) is 4.92. The van der Waals surface area contributed by atoms with Gasteiger partial charge in [-0.25, -0.2) is 9.89 Å². The molecule has 0 bridgehead atoms. The summed E-state index contributed by atoms with van der Waals surface area (Å²) in [5.41, 5.74) is 3.30. The minimum atomic E-state index is -0.253. The Balaban J connectivity index is 1.25. The summed E-state index contributed by atoms with van der Waals surface area (Å²) in [5.74, 6) is 0.318. The fraction of sp³-hybridized carbons (Fsp3) is 0.450. The molecule has 1 fully saturated rings. The number of H-pyrrole nitrogens is 2. The summed E-state index contributed by atoms with van der Waals surface area (Å²) >= 11 is 1.31. The van der Waals surface area contributed by atoms with Crippen LogP contribution in [0.25, 0.3) is 10.9 Å². The second kappa shape index (κ2) is 7.72. The Labute approximate surface area is 171 Å². The maximum atomic E-state index is 12.8. The van der Waals surface area contributed by atoms with Crippen molar-refractivity contribution < 1.29 is 9.53 Å². The molecule has 2 aliphatic heterocycles. The molecule has 0 saturated carbocycles. The molecule has 2 aromatic heterocycles. The number of thioether (sulfide) groups is 1. The van der Waals surface area contributed by atoms with Crippen molar-refractivity contribution in [1.29, 1.82) is 0 Å². The van der Waals surface area contributed by atoms with Crippen molar-refractivity contribution in [2.24, 2.45) is 0 Å². The van der Waals surface area contributed by atoms with Gasteiger partial charge in [0.25, 0.3) is 0 Å². The average molecular weight is 414 g/mol. The van der Waals surface area contributed by atoms with Gasteiger partial charge in [0, 0.05) is 48.3 Å². The highest BCUT2D eigenvalue weighted by Crippen LogP contribution is 2.28. The van der Waals surface area contributed by atoms with Crippen molar-refractivity contribution in [3.8, 4) is 0 Å². The van der Waals surface area contributed by atoms with Crippen LogP contribution in [0.3, 0.4) is 0 Å².